The highest BCUT2D eigenvalue weighted by atomic mass is 32.2. The van der Waals surface area contributed by atoms with Crippen LogP contribution in [0.3, 0.4) is 0 Å². The van der Waals surface area contributed by atoms with Gasteiger partial charge in [0, 0.05) is 32.9 Å². The van der Waals surface area contributed by atoms with Crippen LogP contribution in [0.15, 0.2) is 114 Å². The average Bonchev–Trinajstić information content (AvgIpc) is 2.85. The van der Waals surface area contributed by atoms with Gasteiger partial charge in [-0.05, 0) is 46.5 Å². The van der Waals surface area contributed by atoms with Gasteiger partial charge in [-0.3, -0.25) is 0 Å². The normalized spacial score (nSPS) is 11.5. The Kier molecular flexibility index (Phi) is 6.92. The summed E-state index contributed by atoms with van der Waals surface area (Å²) in [6.07, 6.45) is 0. The molecule has 0 aliphatic heterocycles. The van der Waals surface area contributed by atoms with Crippen molar-refractivity contribution >= 4 is 15.7 Å². The molecule has 0 unspecified atom stereocenters. The van der Waals surface area contributed by atoms with E-state index in [1.54, 1.807) is 26.2 Å². The molecule has 4 rings (SSSR count). The summed E-state index contributed by atoms with van der Waals surface area (Å²) in [5.41, 5.74) is 5.69. The van der Waals surface area contributed by atoms with Gasteiger partial charge >= 0.3 is 0 Å². The highest BCUT2D eigenvalue weighted by Crippen LogP contribution is 2.27. The van der Waals surface area contributed by atoms with Crippen molar-refractivity contribution in [3.63, 3.8) is 0 Å². The minimum atomic E-state index is -3.43. The van der Waals surface area contributed by atoms with Crippen molar-refractivity contribution in [1.29, 1.82) is 0 Å². The smallest absolute Gasteiger partial charge is 0.242 e. The van der Waals surface area contributed by atoms with E-state index in [0.29, 0.717) is 4.90 Å². The molecule has 0 heterocycles. The third-order valence-electron chi connectivity index (χ3n) is 5.63. The zero-order valence-electron chi connectivity index (χ0n) is 18.9. The van der Waals surface area contributed by atoms with E-state index in [9.17, 15) is 8.42 Å². The van der Waals surface area contributed by atoms with Crippen molar-refractivity contribution in [2.45, 2.75) is 18.0 Å². The lowest BCUT2D eigenvalue weighted by atomic mass is 10.0. The van der Waals surface area contributed by atoms with Crippen molar-refractivity contribution in [1.82, 2.24) is 4.31 Å². The van der Waals surface area contributed by atoms with Gasteiger partial charge in [0.05, 0.1) is 4.90 Å². The van der Waals surface area contributed by atoms with Gasteiger partial charge in [-0.1, -0.05) is 84.9 Å². The van der Waals surface area contributed by atoms with Gasteiger partial charge in [0.1, 0.15) is 0 Å². The summed E-state index contributed by atoms with van der Waals surface area (Å²) in [6.45, 7) is 1.62. The van der Waals surface area contributed by atoms with E-state index in [2.05, 4.69) is 77.7 Å². The summed E-state index contributed by atoms with van der Waals surface area (Å²) < 4.78 is 25.9. The standard InChI is InChI=1S/C28H28N2O2S/c1-29(2)33(31,32)28-19-15-26(16-20-28)25-13-17-27(18-14-25)30(21-23-9-5-3-6-10-23)22-24-11-7-4-8-12-24/h3-20H,21-22H2,1-2H3. The molecule has 0 bridgehead atoms. The Morgan fingerprint density at radius 1 is 0.576 bits per heavy atom. The molecule has 0 saturated carbocycles. The Labute approximate surface area is 196 Å². The fourth-order valence-corrected chi connectivity index (χ4v) is 4.64. The molecule has 4 aromatic rings. The number of anilines is 1. The summed E-state index contributed by atoms with van der Waals surface area (Å²) in [5, 5.41) is 0. The number of sulfonamides is 1. The molecule has 4 nitrogen and oxygen atoms in total. The lowest BCUT2D eigenvalue weighted by molar-refractivity contribution is 0.521. The first-order valence-electron chi connectivity index (χ1n) is 10.9. The molecule has 0 atom stereocenters. The Morgan fingerprint density at radius 2 is 1.00 bits per heavy atom. The number of benzene rings is 4. The van der Waals surface area contributed by atoms with Crippen LogP contribution in [0.4, 0.5) is 5.69 Å². The van der Waals surface area contributed by atoms with Crippen LogP contribution in [0, 0.1) is 0 Å². The second kappa shape index (κ2) is 10.0. The van der Waals surface area contributed by atoms with Gasteiger partial charge in [0.15, 0.2) is 0 Å². The van der Waals surface area contributed by atoms with E-state index in [0.717, 1.165) is 29.9 Å². The van der Waals surface area contributed by atoms with Gasteiger partial charge in [0.2, 0.25) is 10.0 Å². The number of hydrogen-bond donors (Lipinski definition) is 0. The summed E-state index contributed by atoms with van der Waals surface area (Å²) >= 11 is 0. The molecule has 0 spiro atoms. The lowest BCUT2D eigenvalue weighted by Gasteiger charge is -2.25. The fraction of sp³-hybridized carbons (Fsp3) is 0.143. The van der Waals surface area contributed by atoms with E-state index in [1.807, 2.05) is 24.3 Å². The minimum Gasteiger partial charge on any atom is -0.363 e. The van der Waals surface area contributed by atoms with Crippen LogP contribution in [0.1, 0.15) is 11.1 Å². The summed E-state index contributed by atoms with van der Waals surface area (Å²) in [7, 11) is -0.346. The summed E-state index contributed by atoms with van der Waals surface area (Å²) in [6, 6.07) is 36.4. The molecule has 0 fully saturated rings. The molecule has 0 saturated heterocycles. The van der Waals surface area contributed by atoms with Crippen molar-refractivity contribution in [2.75, 3.05) is 19.0 Å². The average molecular weight is 457 g/mol. The maximum absolute atomic E-state index is 12.3. The Hall–Kier alpha value is -3.41. The molecule has 0 aromatic heterocycles. The molecule has 4 aromatic carbocycles. The summed E-state index contributed by atoms with van der Waals surface area (Å²) in [4.78, 5) is 2.66. The first-order chi connectivity index (χ1) is 15.9. The van der Waals surface area contributed by atoms with Gasteiger partial charge in [-0.2, -0.15) is 0 Å². The van der Waals surface area contributed by atoms with E-state index < -0.39 is 10.0 Å². The van der Waals surface area contributed by atoms with Gasteiger partial charge < -0.3 is 4.90 Å². The van der Waals surface area contributed by atoms with Crippen molar-refractivity contribution in [3.8, 4) is 11.1 Å². The van der Waals surface area contributed by atoms with Crippen LogP contribution < -0.4 is 4.90 Å². The van der Waals surface area contributed by atoms with E-state index in [4.69, 9.17) is 0 Å². The maximum atomic E-state index is 12.3. The molecule has 0 aliphatic carbocycles. The molecule has 33 heavy (non-hydrogen) atoms. The Balaban J connectivity index is 1.58. The topological polar surface area (TPSA) is 40.6 Å². The zero-order valence-corrected chi connectivity index (χ0v) is 19.7. The predicted octanol–water partition coefficient (Wildman–Crippen LogP) is 5.81. The van der Waals surface area contributed by atoms with Crippen LogP contribution in [-0.2, 0) is 23.1 Å². The Bertz CT molecular complexity index is 1230. The van der Waals surface area contributed by atoms with E-state index >= 15 is 0 Å². The monoisotopic (exact) mass is 456 g/mol. The molecule has 0 amide bonds. The largest absolute Gasteiger partial charge is 0.363 e. The minimum absolute atomic E-state index is 0.296. The number of nitrogens with zero attached hydrogens (tertiary/aromatic N) is 2. The van der Waals surface area contributed by atoms with Gasteiger partial charge in [0.25, 0.3) is 0 Å². The third kappa shape index (κ3) is 5.51. The quantitative estimate of drug-likeness (QED) is 0.336. The van der Waals surface area contributed by atoms with Crippen LogP contribution in [0.2, 0.25) is 0 Å². The van der Waals surface area contributed by atoms with Crippen molar-refractivity contribution in [3.05, 3.63) is 120 Å². The number of hydrogen-bond acceptors (Lipinski definition) is 3. The third-order valence-corrected chi connectivity index (χ3v) is 7.46. The zero-order chi connectivity index (χ0) is 23.3. The van der Waals surface area contributed by atoms with Gasteiger partial charge in [-0.25, -0.2) is 12.7 Å². The highest BCUT2D eigenvalue weighted by molar-refractivity contribution is 7.89. The molecular weight excluding hydrogens is 428 g/mol. The second-order valence-corrected chi connectivity index (χ2v) is 10.3. The molecule has 0 aliphatic rings. The predicted molar refractivity (Wildman–Crippen MR) is 136 cm³/mol. The molecule has 168 valence electrons. The number of rotatable bonds is 8. The van der Waals surface area contributed by atoms with Crippen molar-refractivity contribution < 1.29 is 8.42 Å². The van der Waals surface area contributed by atoms with E-state index in [1.165, 1.54) is 15.4 Å². The van der Waals surface area contributed by atoms with Crippen LogP contribution >= 0.6 is 0 Å². The lowest BCUT2D eigenvalue weighted by Crippen LogP contribution is -2.22. The van der Waals surface area contributed by atoms with E-state index in [-0.39, 0.29) is 0 Å². The maximum Gasteiger partial charge on any atom is 0.242 e. The van der Waals surface area contributed by atoms with Crippen LogP contribution in [0.25, 0.3) is 11.1 Å². The SMILES string of the molecule is CN(C)S(=O)(=O)c1ccc(-c2ccc(N(Cc3ccccc3)Cc3ccccc3)cc2)cc1. The molecule has 0 N–H and O–H groups in total. The van der Waals surface area contributed by atoms with Crippen LogP contribution in [-0.4, -0.2) is 26.8 Å². The van der Waals surface area contributed by atoms with Crippen LogP contribution in [0.5, 0.6) is 0 Å². The second-order valence-electron chi connectivity index (χ2n) is 8.19. The van der Waals surface area contributed by atoms with Gasteiger partial charge in [-0.15, -0.1) is 0 Å². The first-order valence-corrected chi connectivity index (χ1v) is 12.3. The Morgan fingerprint density at radius 3 is 1.42 bits per heavy atom. The highest BCUT2D eigenvalue weighted by Gasteiger charge is 2.17. The molecule has 5 heteroatoms. The summed E-state index contributed by atoms with van der Waals surface area (Å²) in [5.74, 6) is 0. The first kappa shape index (κ1) is 22.8. The molecule has 0 radical (unpaired) electrons. The van der Waals surface area contributed by atoms with Crippen molar-refractivity contribution in [2.24, 2.45) is 0 Å². The molecular formula is C28H28N2O2S. The fourth-order valence-electron chi connectivity index (χ4n) is 3.74.